The van der Waals surface area contributed by atoms with Crippen LogP contribution in [0.5, 0.6) is 0 Å². The van der Waals surface area contributed by atoms with Crippen LogP contribution in [0.4, 0.5) is 4.39 Å². The van der Waals surface area contributed by atoms with Gasteiger partial charge in [0.25, 0.3) is 0 Å². The quantitative estimate of drug-likeness (QED) is 0.417. The van der Waals surface area contributed by atoms with Gasteiger partial charge in [-0.15, -0.1) is 11.3 Å². The summed E-state index contributed by atoms with van der Waals surface area (Å²) in [6.07, 6.45) is 1.69. The highest BCUT2D eigenvalue weighted by molar-refractivity contribution is 7.17. The van der Waals surface area contributed by atoms with Crippen LogP contribution >= 0.6 is 11.3 Å². The predicted molar refractivity (Wildman–Crippen MR) is 108 cm³/mol. The van der Waals surface area contributed by atoms with Crippen molar-refractivity contribution in [1.29, 1.82) is 0 Å². The number of hydrogen-bond acceptors (Lipinski definition) is 3. The largest absolute Gasteiger partial charge is 0.296 e. The van der Waals surface area contributed by atoms with E-state index >= 15 is 0 Å². The van der Waals surface area contributed by atoms with Crippen molar-refractivity contribution in [2.24, 2.45) is 0 Å². The number of aryl methyl sites for hydroxylation is 3. The zero-order valence-corrected chi connectivity index (χ0v) is 16.2. The smallest absolute Gasteiger partial charge is 0.195 e. The zero-order chi connectivity index (χ0) is 19.1. The van der Waals surface area contributed by atoms with Gasteiger partial charge in [-0.2, -0.15) is 0 Å². The Balaban J connectivity index is 2.03. The molecule has 0 saturated heterocycles. The van der Waals surface area contributed by atoms with Crippen molar-refractivity contribution in [3.63, 3.8) is 0 Å². The summed E-state index contributed by atoms with van der Waals surface area (Å²) in [7, 11) is 0. The topological polar surface area (TPSA) is 34.4 Å². The molecule has 2 heterocycles. The number of hydrogen-bond donors (Lipinski definition) is 0. The first-order valence-electron chi connectivity index (χ1n) is 8.86. The minimum absolute atomic E-state index is 0.277. The molecule has 27 heavy (non-hydrogen) atoms. The van der Waals surface area contributed by atoms with Gasteiger partial charge in [0.1, 0.15) is 17.2 Å². The number of carbonyl (C=O) groups is 1. The number of fused-ring (bicyclic) bond motifs is 1. The standard InChI is InChI=1S/C22H19FN2OS/c1-4-19-21(15-6-8-16(23)9-7-15)25-18(12-26)20(24-22(25)27-19)17-10-5-13(2)11-14(17)3/h5-12H,4H2,1-3H3. The highest BCUT2D eigenvalue weighted by Gasteiger charge is 2.22. The zero-order valence-electron chi connectivity index (χ0n) is 15.4. The third-order valence-corrected chi connectivity index (χ3v) is 5.96. The fraction of sp³-hybridized carbons (Fsp3) is 0.182. The van der Waals surface area contributed by atoms with Crippen molar-refractivity contribution < 1.29 is 9.18 Å². The molecule has 0 atom stereocenters. The Bertz CT molecular complexity index is 1160. The van der Waals surface area contributed by atoms with E-state index in [2.05, 4.69) is 13.0 Å². The summed E-state index contributed by atoms with van der Waals surface area (Å²) in [5.74, 6) is -0.277. The molecular weight excluding hydrogens is 359 g/mol. The van der Waals surface area contributed by atoms with Crippen molar-refractivity contribution in [3.8, 4) is 22.5 Å². The van der Waals surface area contributed by atoms with E-state index in [-0.39, 0.29) is 5.82 Å². The van der Waals surface area contributed by atoms with E-state index in [4.69, 9.17) is 4.98 Å². The lowest BCUT2D eigenvalue weighted by Crippen LogP contribution is -1.97. The van der Waals surface area contributed by atoms with Crippen LogP contribution in [0.3, 0.4) is 0 Å². The molecule has 0 bridgehead atoms. The summed E-state index contributed by atoms with van der Waals surface area (Å²) in [6, 6.07) is 12.5. The minimum atomic E-state index is -0.277. The van der Waals surface area contributed by atoms with Gasteiger partial charge in [-0.25, -0.2) is 9.37 Å². The molecular formula is C22H19FN2OS. The summed E-state index contributed by atoms with van der Waals surface area (Å²) < 4.78 is 15.3. The first-order valence-corrected chi connectivity index (χ1v) is 9.68. The average molecular weight is 378 g/mol. The fourth-order valence-corrected chi connectivity index (χ4v) is 4.59. The summed E-state index contributed by atoms with van der Waals surface area (Å²) >= 11 is 1.58. The van der Waals surface area contributed by atoms with E-state index in [0.717, 1.165) is 44.9 Å². The molecule has 0 amide bonds. The molecule has 0 radical (unpaired) electrons. The van der Waals surface area contributed by atoms with Gasteiger partial charge in [0.2, 0.25) is 0 Å². The maximum atomic E-state index is 13.4. The molecule has 0 aliphatic heterocycles. The monoisotopic (exact) mass is 378 g/mol. The Labute approximate surface area is 161 Å². The summed E-state index contributed by atoms with van der Waals surface area (Å²) in [5.41, 5.74) is 6.25. The number of benzene rings is 2. The summed E-state index contributed by atoms with van der Waals surface area (Å²) in [4.78, 5) is 18.8. The number of thiazole rings is 1. The van der Waals surface area contributed by atoms with Crippen LogP contribution in [-0.2, 0) is 6.42 Å². The van der Waals surface area contributed by atoms with E-state index in [9.17, 15) is 9.18 Å². The highest BCUT2D eigenvalue weighted by atomic mass is 32.1. The molecule has 3 nitrogen and oxygen atoms in total. The van der Waals surface area contributed by atoms with Gasteiger partial charge in [0.15, 0.2) is 11.2 Å². The van der Waals surface area contributed by atoms with Gasteiger partial charge >= 0.3 is 0 Å². The van der Waals surface area contributed by atoms with Crippen molar-refractivity contribution >= 4 is 22.6 Å². The normalized spacial score (nSPS) is 11.3. The number of aromatic nitrogens is 2. The van der Waals surface area contributed by atoms with E-state index < -0.39 is 0 Å². The highest BCUT2D eigenvalue weighted by Crippen LogP contribution is 2.37. The number of imidazole rings is 1. The lowest BCUT2D eigenvalue weighted by Gasteiger charge is -2.07. The molecule has 0 N–H and O–H groups in total. The van der Waals surface area contributed by atoms with Crippen molar-refractivity contribution in [1.82, 2.24) is 9.38 Å². The Morgan fingerprint density at radius 2 is 1.89 bits per heavy atom. The molecule has 2 aromatic heterocycles. The van der Waals surface area contributed by atoms with Crippen LogP contribution in [0.2, 0.25) is 0 Å². The number of aldehydes is 1. The maximum absolute atomic E-state index is 13.4. The van der Waals surface area contributed by atoms with Crippen LogP contribution in [0.15, 0.2) is 42.5 Å². The molecule has 4 aromatic rings. The fourth-order valence-electron chi connectivity index (χ4n) is 3.50. The summed E-state index contributed by atoms with van der Waals surface area (Å²) in [5, 5.41) is 0. The van der Waals surface area contributed by atoms with Crippen LogP contribution in [0.25, 0.3) is 27.5 Å². The molecule has 0 spiro atoms. The van der Waals surface area contributed by atoms with Gasteiger partial charge in [0, 0.05) is 10.4 Å². The van der Waals surface area contributed by atoms with Crippen LogP contribution in [0, 0.1) is 19.7 Å². The van der Waals surface area contributed by atoms with Gasteiger partial charge in [0.05, 0.1) is 5.69 Å². The Morgan fingerprint density at radius 3 is 2.52 bits per heavy atom. The van der Waals surface area contributed by atoms with Gasteiger partial charge in [-0.3, -0.25) is 9.20 Å². The van der Waals surface area contributed by atoms with Crippen molar-refractivity contribution in [3.05, 3.63) is 70.0 Å². The first-order chi connectivity index (χ1) is 13.0. The lowest BCUT2D eigenvalue weighted by atomic mass is 10.0. The SMILES string of the molecule is CCc1sc2nc(-c3ccc(C)cc3C)c(C=O)n2c1-c1ccc(F)cc1. The third kappa shape index (κ3) is 2.88. The molecule has 0 aliphatic carbocycles. The lowest BCUT2D eigenvalue weighted by molar-refractivity contribution is 0.111. The van der Waals surface area contributed by atoms with Crippen LogP contribution < -0.4 is 0 Å². The Morgan fingerprint density at radius 1 is 1.15 bits per heavy atom. The predicted octanol–water partition coefficient (Wildman–Crippen LogP) is 5.86. The molecule has 2 aromatic carbocycles. The third-order valence-electron chi connectivity index (χ3n) is 4.77. The van der Waals surface area contributed by atoms with E-state index in [1.54, 1.807) is 23.5 Å². The minimum Gasteiger partial charge on any atom is -0.296 e. The Kier molecular flexibility index (Phi) is 4.40. The molecule has 136 valence electrons. The second-order valence-electron chi connectivity index (χ2n) is 6.63. The molecule has 0 saturated carbocycles. The van der Waals surface area contributed by atoms with Gasteiger partial charge in [-0.1, -0.05) is 30.7 Å². The Hall–Kier alpha value is -2.79. The number of rotatable bonds is 4. The van der Waals surface area contributed by atoms with Crippen molar-refractivity contribution in [2.45, 2.75) is 27.2 Å². The van der Waals surface area contributed by atoms with Gasteiger partial charge < -0.3 is 0 Å². The van der Waals surface area contributed by atoms with Crippen LogP contribution in [-0.4, -0.2) is 15.7 Å². The first kappa shape index (κ1) is 17.6. The van der Waals surface area contributed by atoms with Crippen LogP contribution in [0.1, 0.15) is 33.4 Å². The number of halogens is 1. The average Bonchev–Trinajstić information content (AvgIpc) is 3.17. The number of nitrogens with zero attached hydrogens (tertiary/aromatic N) is 2. The molecule has 0 aliphatic rings. The second-order valence-corrected chi connectivity index (χ2v) is 7.70. The molecule has 5 heteroatoms. The maximum Gasteiger partial charge on any atom is 0.195 e. The second kappa shape index (κ2) is 6.74. The van der Waals surface area contributed by atoms with E-state index in [1.807, 2.05) is 30.4 Å². The van der Waals surface area contributed by atoms with Gasteiger partial charge in [-0.05, 0) is 55.7 Å². The molecule has 0 fully saturated rings. The summed E-state index contributed by atoms with van der Waals surface area (Å²) in [6.45, 7) is 6.15. The van der Waals surface area contributed by atoms with Crippen molar-refractivity contribution in [2.75, 3.05) is 0 Å². The molecule has 0 unspecified atom stereocenters. The number of carbonyl (C=O) groups excluding carboxylic acids is 1. The van der Waals surface area contributed by atoms with E-state index in [1.165, 1.54) is 17.7 Å². The van der Waals surface area contributed by atoms with E-state index in [0.29, 0.717) is 11.4 Å². The molecule has 4 rings (SSSR count).